The minimum Gasteiger partial charge on any atom is -0.309 e. The van der Waals surface area contributed by atoms with Gasteiger partial charge in [0.1, 0.15) is 17.3 Å². The molecule has 0 bridgehead atoms. The fourth-order valence-corrected chi connectivity index (χ4v) is 2.61. The van der Waals surface area contributed by atoms with Gasteiger partial charge in [0.05, 0.1) is 5.69 Å². The first kappa shape index (κ1) is 14.6. The molecule has 6 heteroatoms. The topological polar surface area (TPSA) is 79.8 Å². The molecule has 0 aliphatic carbocycles. The fraction of sp³-hybridized carbons (Fsp3) is 0.375. The monoisotopic (exact) mass is 297 g/mol. The van der Waals surface area contributed by atoms with Crippen molar-refractivity contribution < 1.29 is 4.79 Å². The van der Waals surface area contributed by atoms with E-state index in [9.17, 15) is 4.79 Å². The summed E-state index contributed by atoms with van der Waals surface area (Å²) >= 11 is 0. The Morgan fingerprint density at radius 3 is 2.91 bits per heavy atom. The van der Waals surface area contributed by atoms with E-state index in [2.05, 4.69) is 25.6 Å². The number of rotatable bonds is 3. The van der Waals surface area contributed by atoms with Crippen molar-refractivity contribution in [3.63, 3.8) is 0 Å². The van der Waals surface area contributed by atoms with Crippen LogP contribution < -0.4 is 10.6 Å². The Morgan fingerprint density at radius 2 is 2.18 bits per heavy atom. The number of carbonyl (C=O) groups excluding carboxylic acids is 1. The molecule has 6 nitrogen and oxygen atoms in total. The molecule has 1 aliphatic rings. The summed E-state index contributed by atoms with van der Waals surface area (Å²) in [4.78, 5) is 25.2. The molecule has 2 aromatic heterocycles. The molecule has 1 atom stereocenters. The van der Waals surface area contributed by atoms with E-state index in [1.54, 1.807) is 19.2 Å². The van der Waals surface area contributed by atoms with Crippen LogP contribution >= 0.6 is 0 Å². The zero-order chi connectivity index (χ0) is 15.5. The molecular formula is C16H19N5O. The number of hydrogen-bond donors (Lipinski definition) is 2. The molecule has 3 heterocycles. The molecule has 1 fully saturated rings. The molecule has 1 saturated heterocycles. The Kier molecular flexibility index (Phi) is 4.11. The zero-order valence-electron chi connectivity index (χ0n) is 12.8. The highest BCUT2D eigenvalue weighted by Gasteiger charge is 2.20. The quantitative estimate of drug-likeness (QED) is 0.907. The predicted molar refractivity (Wildman–Crippen MR) is 83.7 cm³/mol. The van der Waals surface area contributed by atoms with E-state index in [4.69, 9.17) is 0 Å². The largest absolute Gasteiger partial charge is 0.309 e. The SMILES string of the molecule is Cc1ccnc(NC(=O)c2cc(C3CCCN3)nc(C)n2)c1. The van der Waals surface area contributed by atoms with Crippen LogP contribution in [0.2, 0.25) is 0 Å². The van der Waals surface area contributed by atoms with E-state index in [1.165, 1.54) is 0 Å². The zero-order valence-corrected chi connectivity index (χ0v) is 12.8. The fourth-order valence-electron chi connectivity index (χ4n) is 2.61. The van der Waals surface area contributed by atoms with Crippen LogP contribution in [0.5, 0.6) is 0 Å². The normalized spacial score (nSPS) is 17.5. The van der Waals surface area contributed by atoms with Crippen LogP contribution in [0.15, 0.2) is 24.4 Å². The van der Waals surface area contributed by atoms with Crippen LogP contribution in [0.3, 0.4) is 0 Å². The molecular weight excluding hydrogens is 278 g/mol. The van der Waals surface area contributed by atoms with E-state index in [-0.39, 0.29) is 11.9 Å². The molecule has 2 aromatic rings. The second-order valence-corrected chi connectivity index (χ2v) is 5.55. The number of pyridine rings is 1. The Labute approximate surface area is 129 Å². The second-order valence-electron chi connectivity index (χ2n) is 5.55. The van der Waals surface area contributed by atoms with Gasteiger partial charge in [0.25, 0.3) is 5.91 Å². The van der Waals surface area contributed by atoms with Gasteiger partial charge in [-0.15, -0.1) is 0 Å². The highest BCUT2D eigenvalue weighted by Crippen LogP contribution is 2.22. The van der Waals surface area contributed by atoms with Crippen molar-refractivity contribution in [2.24, 2.45) is 0 Å². The van der Waals surface area contributed by atoms with Gasteiger partial charge in [0.2, 0.25) is 0 Å². The maximum Gasteiger partial charge on any atom is 0.275 e. The molecule has 1 amide bonds. The van der Waals surface area contributed by atoms with Crippen LogP contribution in [0, 0.1) is 13.8 Å². The standard InChI is InChI=1S/C16H19N5O/c1-10-5-7-18-15(8-10)21-16(22)14-9-13(19-11(2)20-14)12-4-3-6-17-12/h5,7-9,12,17H,3-4,6H2,1-2H3,(H,18,21,22). The van der Waals surface area contributed by atoms with E-state index >= 15 is 0 Å². The van der Waals surface area contributed by atoms with Crippen LogP contribution in [-0.2, 0) is 0 Å². The van der Waals surface area contributed by atoms with Crippen molar-refractivity contribution in [2.45, 2.75) is 32.7 Å². The van der Waals surface area contributed by atoms with Crippen LogP contribution in [-0.4, -0.2) is 27.4 Å². The third-order valence-electron chi connectivity index (χ3n) is 3.66. The maximum atomic E-state index is 12.4. The molecule has 22 heavy (non-hydrogen) atoms. The number of nitrogens with one attached hydrogen (secondary N) is 2. The molecule has 3 rings (SSSR count). The highest BCUT2D eigenvalue weighted by atomic mass is 16.1. The smallest absolute Gasteiger partial charge is 0.275 e. The van der Waals surface area contributed by atoms with E-state index in [1.807, 2.05) is 19.1 Å². The molecule has 0 saturated carbocycles. The van der Waals surface area contributed by atoms with Crippen LogP contribution in [0.4, 0.5) is 5.82 Å². The summed E-state index contributed by atoms with van der Waals surface area (Å²) in [6.07, 6.45) is 3.84. The number of hydrogen-bond acceptors (Lipinski definition) is 5. The van der Waals surface area contributed by atoms with Crippen molar-refractivity contribution in [1.82, 2.24) is 20.3 Å². The number of carbonyl (C=O) groups is 1. The van der Waals surface area contributed by atoms with Gasteiger partial charge in [0.15, 0.2) is 0 Å². The molecule has 0 aromatic carbocycles. The maximum absolute atomic E-state index is 12.4. The molecule has 1 unspecified atom stereocenters. The summed E-state index contributed by atoms with van der Waals surface area (Å²) in [6, 6.07) is 5.69. The molecule has 114 valence electrons. The van der Waals surface area contributed by atoms with E-state index in [0.717, 1.165) is 30.6 Å². The van der Waals surface area contributed by atoms with E-state index in [0.29, 0.717) is 17.3 Å². The number of anilines is 1. The minimum atomic E-state index is -0.261. The Bertz CT molecular complexity index is 695. The molecule has 1 aliphatic heterocycles. The lowest BCUT2D eigenvalue weighted by atomic mass is 10.1. The van der Waals surface area contributed by atoms with Gasteiger partial charge in [-0.05, 0) is 57.0 Å². The lowest BCUT2D eigenvalue weighted by Gasteiger charge is -2.12. The van der Waals surface area contributed by atoms with Crippen molar-refractivity contribution in [1.29, 1.82) is 0 Å². The summed E-state index contributed by atoms with van der Waals surface area (Å²) in [5.41, 5.74) is 2.30. The lowest BCUT2D eigenvalue weighted by Crippen LogP contribution is -2.19. The Balaban J connectivity index is 1.82. The number of nitrogens with zero attached hydrogens (tertiary/aromatic N) is 3. The van der Waals surface area contributed by atoms with Gasteiger partial charge in [-0.3, -0.25) is 4.79 Å². The first-order valence-corrected chi connectivity index (χ1v) is 7.45. The number of aromatic nitrogens is 3. The summed E-state index contributed by atoms with van der Waals surface area (Å²) in [6.45, 7) is 4.75. The average Bonchev–Trinajstić information content (AvgIpc) is 3.01. The summed E-state index contributed by atoms with van der Waals surface area (Å²) < 4.78 is 0. The first-order valence-electron chi connectivity index (χ1n) is 7.45. The third kappa shape index (κ3) is 3.28. The summed E-state index contributed by atoms with van der Waals surface area (Å²) in [5.74, 6) is 0.873. The Morgan fingerprint density at radius 1 is 1.32 bits per heavy atom. The van der Waals surface area contributed by atoms with Gasteiger partial charge in [-0.1, -0.05) is 0 Å². The first-order chi connectivity index (χ1) is 10.6. The van der Waals surface area contributed by atoms with Gasteiger partial charge in [-0.25, -0.2) is 15.0 Å². The number of aryl methyl sites for hydroxylation is 2. The van der Waals surface area contributed by atoms with Crippen molar-refractivity contribution in [3.05, 3.63) is 47.2 Å². The molecule has 0 radical (unpaired) electrons. The Hall–Kier alpha value is -2.34. The van der Waals surface area contributed by atoms with Crippen molar-refractivity contribution in [3.8, 4) is 0 Å². The van der Waals surface area contributed by atoms with Crippen molar-refractivity contribution >= 4 is 11.7 Å². The summed E-state index contributed by atoms with van der Waals surface area (Å²) in [7, 11) is 0. The van der Waals surface area contributed by atoms with Gasteiger partial charge < -0.3 is 10.6 Å². The van der Waals surface area contributed by atoms with Crippen LogP contribution in [0.25, 0.3) is 0 Å². The lowest BCUT2D eigenvalue weighted by molar-refractivity contribution is 0.102. The minimum absolute atomic E-state index is 0.213. The summed E-state index contributed by atoms with van der Waals surface area (Å²) in [5, 5.41) is 6.17. The van der Waals surface area contributed by atoms with Gasteiger partial charge in [0, 0.05) is 12.2 Å². The van der Waals surface area contributed by atoms with E-state index < -0.39 is 0 Å². The molecule has 0 spiro atoms. The third-order valence-corrected chi connectivity index (χ3v) is 3.66. The molecule has 2 N–H and O–H groups in total. The highest BCUT2D eigenvalue weighted by molar-refractivity contribution is 6.02. The van der Waals surface area contributed by atoms with Crippen LogP contribution in [0.1, 0.15) is 46.5 Å². The average molecular weight is 297 g/mol. The van der Waals surface area contributed by atoms with Gasteiger partial charge >= 0.3 is 0 Å². The predicted octanol–water partition coefficient (Wildman–Crippen LogP) is 2.17. The second kappa shape index (κ2) is 6.19. The van der Waals surface area contributed by atoms with Crippen molar-refractivity contribution in [2.75, 3.05) is 11.9 Å². The van der Waals surface area contributed by atoms with Gasteiger partial charge in [-0.2, -0.15) is 0 Å². The number of amides is 1.